The summed E-state index contributed by atoms with van der Waals surface area (Å²) in [7, 11) is 0. The molecule has 1 aliphatic heterocycles. The van der Waals surface area contributed by atoms with Crippen LogP contribution in [0.2, 0.25) is 0 Å². The Labute approximate surface area is 105 Å². The maximum Gasteiger partial charge on any atom is 0.188 e. The molecule has 0 amide bonds. The highest BCUT2D eigenvalue weighted by molar-refractivity contribution is 5.77. The molecule has 0 radical (unpaired) electrons. The molecular weight excluding hydrogens is 214 g/mol. The Morgan fingerprint density at radius 2 is 2.24 bits per heavy atom. The van der Waals surface area contributed by atoms with Crippen molar-refractivity contribution in [1.29, 1.82) is 0 Å². The summed E-state index contributed by atoms with van der Waals surface area (Å²) in [5, 5.41) is 3.22. The van der Waals surface area contributed by atoms with Gasteiger partial charge < -0.3 is 15.8 Å². The molecule has 0 aromatic carbocycles. The van der Waals surface area contributed by atoms with E-state index in [0.717, 1.165) is 32.5 Å². The monoisotopic (exact) mass is 241 g/mol. The van der Waals surface area contributed by atoms with Crippen LogP contribution in [0.3, 0.4) is 0 Å². The summed E-state index contributed by atoms with van der Waals surface area (Å²) in [6.07, 6.45) is 2.19. The van der Waals surface area contributed by atoms with Crippen LogP contribution in [0, 0.1) is 11.8 Å². The quantitative estimate of drug-likeness (QED) is 0.582. The average Bonchev–Trinajstić information content (AvgIpc) is 2.22. The van der Waals surface area contributed by atoms with E-state index < -0.39 is 0 Å². The minimum absolute atomic E-state index is 0.00837. The number of guanidine groups is 1. The zero-order valence-electron chi connectivity index (χ0n) is 11.6. The first-order valence-electron chi connectivity index (χ1n) is 6.57. The maximum absolute atomic E-state index is 5.81. The standard InChI is InChI=1S/C13H27N3O/c1-10(2)8-15-12(14)16-9-11-5-6-17-13(3,4)7-11/h10-11H,5-9H2,1-4H3,(H3,14,15,16). The molecule has 0 aliphatic carbocycles. The first kappa shape index (κ1) is 14.3. The van der Waals surface area contributed by atoms with Gasteiger partial charge >= 0.3 is 0 Å². The Hall–Kier alpha value is -0.770. The van der Waals surface area contributed by atoms with Crippen LogP contribution >= 0.6 is 0 Å². The van der Waals surface area contributed by atoms with E-state index in [1.807, 2.05) is 0 Å². The summed E-state index contributed by atoms with van der Waals surface area (Å²) >= 11 is 0. The molecule has 1 fully saturated rings. The molecular formula is C13H27N3O. The van der Waals surface area contributed by atoms with Crippen molar-refractivity contribution < 1.29 is 4.74 Å². The van der Waals surface area contributed by atoms with Gasteiger partial charge in [-0.2, -0.15) is 0 Å². The lowest BCUT2D eigenvalue weighted by Crippen LogP contribution is -2.41. The Bertz CT molecular complexity index is 261. The zero-order chi connectivity index (χ0) is 12.9. The second-order valence-electron chi connectivity index (χ2n) is 5.97. The van der Waals surface area contributed by atoms with Gasteiger partial charge in [0, 0.05) is 19.7 Å². The number of nitrogens with one attached hydrogen (secondary N) is 1. The van der Waals surface area contributed by atoms with Gasteiger partial charge in [0.2, 0.25) is 0 Å². The van der Waals surface area contributed by atoms with E-state index in [1.54, 1.807) is 0 Å². The molecule has 0 bridgehead atoms. The zero-order valence-corrected chi connectivity index (χ0v) is 11.6. The molecule has 100 valence electrons. The maximum atomic E-state index is 5.81. The van der Waals surface area contributed by atoms with E-state index in [0.29, 0.717) is 17.8 Å². The normalized spacial score (nSPS) is 25.0. The van der Waals surface area contributed by atoms with Gasteiger partial charge in [0.05, 0.1) is 5.60 Å². The molecule has 1 saturated heterocycles. The molecule has 1 atom stereocenters. The molecule has 17 heavy (non-hydrogen) atoms. The number of hydrogen-bond donors (Lipinski definition) is 2. The van der Waals surface area contributed by atoms with Gasteiger partial charge in [-0.05, 0) is 38.5 Å². The van der Waals surface area contributed by atoms with Gasteiger partial charge in [-0.25, -0.2) is 0 Å². The van der Waals surface area contributed by atoms with Crippen molar-refractivity contribution in [3.05, 3.63) is 0 Å². The first-order valence-corrected chi connectivity index (χ1v) is 6.57. The van der Waals surface area contributed by atoms with Crippen LogP contribution in [0.4, 0.5) is 0 Å². The first-order chi connectivity index (χ1) is 7.89. The van der Waals surface area contributed by atoms with Crippen LogP contribution in [-0.4, -0.2) is 31.3 Å². The number of rotatable bonds is 4. The van der Waals surface area contributed by atoms with E-state index in [4.69, 9.17) is 10.5 Å². The SMILES string of the molecule is CC(C)CN=C(N)NCC1CCOC(C)(C)C1. The molecule has 1 heterocycles. The third-order valence-corrected chi connectivity index (χ3v) is 3.00. The molecule has 4 nitrogen and oxygen atoms in total. The predicted octanol–water partition coefficient (Wildman–Crippen LogP) is 1.75. The molecule has 4 heteroatoms. The Morgan fingerprint density at radius 1 is 1.53 bits per heavy atom. The minimum Gasteiger partial charge on any atom is -0.376 e. The highest BCUT2D eigenvalue weighted by atomic mass is 16.5. The topological polar surface area (TPSA) is 59.6 Å². The lowest BCUT2D eigenvalue weighted by molar-refractivity contribution is -0.0712. The Kier molecular flexibility index (Phi) is 5.25. The van der Waals surface area contributed by atoms with Gasteiger partial charge in [-0.1, -0.05) is 13.8 Å². The van der Waals surface area contributed by atoms with Crippen LogP contribution in [0.5, 0.6) is 0 Å². The summed E-state index contributed by atoms with van der Waals surface area (Å²) in [4.78, 5) is 4.30. The van der Waals surface area contributed by atoms with Gasteiger partial charge in [-0.15, -0.1) is 0 Å². The summed E-state index contributed by atoms with van der Waals surface area (Å²) in [6.45, 7) is 11.1. The molecule has 1 aliphatic rings. The van der Waals surface area contributed by atoms with Crippen LogP contribution in [0.1, 0.15) is 40.5 Å². The fourth-order valence-electron chi connectivity index (χ4n) is 2.12. The fourth-order valence-corrected chi connectivity index (χ4v) is 2.12. The third kappa shape index (κ3) is 5.91. The van der Waals surface area contributed by atoms with Crippen LogP contribution in [-0.2, 0) is 4.74 Å². The lowest BCUT2D eigenvalue weighted by atomic mass is 9.88. The smallest absolute Gasteiger partial charge is 0.188 e. The molecule has 0 aromatic heterocycles. The predicted molar refractivity (Wildman–Crippen MR) is 72.1 cm³/mol. The van der Waals surface area contributed by atoms with Crippen molar-refractivity contribution >= 4 is 5.96 Å². The number of nitrogens with two attached hydrogens (primary N) is 1. The lowest BCUT2D eigenvalue weighted by Gasteiger charge is -2.35. The Balaban J connectivity index is 2.28. The van der Waals surface area contributed by atoms with E-state index in [1.165, 1.54) is 0 Å². The van der Waals surface area contributed by atoms with Crippen LogP contribution in [0.15, 0.2) is 4.99 Å². The summed E-state index contributed by atoms with van der Waals surface area (Å²) < 4.78 is 5.69. The molecule has 0 saturated carbocycles. The van der Waals surface area contributed by atoms with Crippen molar-refractivity contribution in [1.82, 2.24) is 5.32 Å². The molecule has 3 N–H and O–H groups in total. The Morgan fingerprint density at radius 3 is 2.82 bits per heavy atom. The second-order valence-corrected chi connectivity index (χ2v) is 5.97. The molecule has 1 rings (SSSR count). The van der Waals surface area contributed by atoms with Gasteiger partial charge in [0.25, 0.3) is 0 Å². The summed E-state index contributed by atoms with van der Waals surface area (Å²) in [6, 6.07) is 0. The number of aliphatic imine (C=N–C) groups is 1. The number of hydrogen-bond acceptors (Lipinski definition) is 2. The van der Waals surface area contributed by atoms with E-state index in [2.05, 4.69) is 38.0 Å². The third-order valence-electron chi connectivity index (χ3n) is 3.00. The number of nitrogens with zero attached hydrogens (tertiary/aromatic N) is 1. The van der Waals surface area contributed by atoms with Crippen molar-refractivity contribution in [3.8, 4) is 0 Å². The van der Waals surface area contributed by atoms with Gasteiger partial charge in [0.15, 0.2) is 5.96 Å². The highest BCUT2D eigenvalue weighted by Crippen LogP contribution is 2.27. The number of ether oxygens (including phenoxy) is 1. The summed E-state index contributed by atoms with van der Waals surface area (Å²) in [5.41, 5.74) is 5.82. The molecule has 1 unspecified atom stereocenters. The summed E-state index contributed by atoms with van der Waals surface area (Å²) in [5.74, 6) is 1.76. The van der Waals surface area contributed by atoms with Crippen LogP contribution in [0.25, 0.3) is 0 Å². The highest BCUT2D eigenvalue weighted by Gasteiger charge is 2.28. The van der Waals surface area contributed by atoms with Crippen molar-refractivity contribution in [2.24, 2.45) is 22.6 Å². The van der Waals surface area contributed by atoms with E-state index >= 15 is 0 Å². The van der Waals surface area contributed by atoms with E-state index in [-0.39, 0.29) is 5.60 Å². The van der Waals surface area contributed by atoms with Crippen molar-refractivity contribution in [2.45, 2.75) is 46.1 Å². The second kappa shape index (κ2) is 6.24. The average molecular weight is 241 g/mol. The van der Waals surface area contributed by atoms with Crippen LogP contribution < -0.4 is 11.1 Å². The molecule has 0 aromatic rings. The van der Waals surface area contributed by atoms with Crippen molar-refractivity contribution in [2.75, 3.05) is 19.7 Å². The van der Waals surface area contributed by atoms with Gasteiger partial charge in [0.1, 0.15) is 0 Å². The minimum atomic E-state index is 0.00837. The largest absolute Gasteiger partial charge is 0.376 e. The molecule has 0 spiro atoms. The van der Waals surface area contributed by atoms with E-state index in [9.17, 15) is 0 Å². The van der Waals surface area contributed by atoms with Gasteiger partial charge in [-0.3, -0.25) is 4.99 Å². The van der Waals surface area contributed by atoms with Crippen molar-refractivity contribution in [3.63, 3.8) is 0 Å². The fraction of sp³-hybridized carbons (Fsp3) is 0.923.